The van der Waals surface area contributed by atoms with Crippen LogP contribution in [0.25, 0.3) is 11.6 Å². The molecule has 3 N–H and O–H groups in total. The van der Waals surface area contributed by atoms with Crippen molar-refractivity contribution in [3.8, 4) is 0 Å². The molecule has 0 bridgehead atoms. The first-order valence-corrected chi connectivity index (χ1v) is 15.8. The summed E-state index contributed by atoms with van der Waals surface area (Å²) in [6, 6.07) is 9.38. The van der Waals surface area contributed by atoms with Gasteiger partial charge in [-0.2, -0.15) is 0 Å². The average molecular weight is 617 g/mol. The van der Waals surface area contributed by atoms with Gasteiger partial charge in [-0.15, -0.1) is 0 Å². The molecule has 1 saturated heterocycles. The molecule has 11 heteroatoms. The molecule has 0 unspecified atom stereocenters. The first-order chi connectivity index (χ1) is 19.4. The number of aryl methyl sites for hydroxylation is 1. The van der Waals surface area contributed by atoms with Gasteiger partial charge in [-0.1, -0.05) is 29.3 Å². The van der Waals surface area contributed by atoms with Crippen molar-refractivity contribution in [1.29, 1.82) is 0 Å². The van der Waals surface area contributed by atoms with Crippen molar-refractivity contribution in [3.05, 3.63) is 80.1 Å². The molecule has 0 saturated carbocycles. The summed E-state index contributed by atoms with van der Waals surface area (Å²) in [5.74, 6) is -0.646. The fourth-order valence-electron chi connectivity index (χ4n) is 5.43. The zero-order valence-electron chi connectivity index (χ0n) is 22.8. The van der Waals surface area contributed by atoms with Crippen molar-refractivity contribution in [3.63, 3.8) is 0 Å². The molecule has 0 spiro atoms. The third kappa shape index (κ3) is 6.09. The maximum Gasteiger partial charge on any atom is 0.256 e. The largest absolute Gasteiger partial charge is 0.393 e. The highest BCUT2D eigenvalue weighted by molar-refractivity contribution is 7.90. The molecular formula is C30H31Cl2N3O5S. The highest BCUT2D eigenvalue weighted by Gasteiger charge is 2.28. The summed E-state index contributed by atoms with van der Waals surface area (Å²) in [5, 5.41) is 13.1. The summed E-state index contributed by atoms with van der Waals surface area (Å²) in [6.07, 6.45) is 3.50. The van der Waals surface area contributed by atoms with Gasteiger partial charge in [-0.3, -0.25) is 9.59 Å². The van der Waals surface area contributed by atoms with Crippen LogP contribution in [-0.4, -0.2) is 54.4 Å². The van der Waals surface area contributed by atoms with Crippen molar-refractivity contribution in [2.75, 3.05) is 18.4 Å². The smallest absolute Gasteiger partial charge is 0.256 e. The first kappa shape index (κ1) is 29.4. The zero-order chi connectivity index (χ0) is 29.5. The van der Waals surface area contributed by atoms with E-state index in [0.717, 1.165) is 22.5 Å². The summed E-state index contributed by atoms with van der Waals surface area (Å²) in [5.41, 5.74) is 5.23. The molecule has 3 aromatic rings. The van der Waals surface area contributed by atoms with Crippen LogP contribution in [0, 0.1) is 13.8 Å². The van der Waals surface area contributed by atoms with Gasteiger partial charge in [0.1, 0.15) is 0 Å². The van der Waals surface area contributed by atoms with Gasteiger partial charge in [0.05, 0.1) is 22.3 Å². The minimum absolute atomic E-state index is 0.0541. The van der Waals surface area contributed by atoms with E-state index in [9.17, 15) is 23.1 Å². The molecule has 5 rings (SSSR count). The number of amides is 2. The maximum absolute atomic E-state index is 13.3. The molecule has 2 aliphatic heterocycles. The summed E-state index contributed by atoms with van der Waals surface area (Å²) < 4.78 is 26.6. The number of halogens is 2. The van der Waals surface area contributed by atoms with Crippen LogP contribution in [0.2, 0.25) is 10.0 Å². The Morgan fingerprint density at radius 3 is 2.46 bits per heavy atom. The van der Waals surface area contributed by atoms with E-state index in [1.165, 1.54) is 12.1 Å². The van der Waals surface area contributed by atoms with Gasteiger partial charge in [-0.25, -0.2) is 8.42 Å². The average Bonchev–Trinajstić information content (AvgIpc) is 3.38. The lowest BCUT2D eigenvalue weighted by molar-refractivity contribution is -0.133. The molecule has 0 atom stereocenters. The number of rotatable bonds is 7. The second-order valence-corrected chi connectivity index (χ2v) is 13.4. The van der Waals surface area contributed by atoms with E-state index >= 15 is 0 Å². The van der Waals surface area contributed by atoms with Gasteiger partial charge in [-0.05, 0) is 80.6 Å². The molecule has 1 fully saturated rings. The zero-order valence-corrected chi connectivity index (χ0v) is 25.1. The number of sulfone groups is 1. The normalized spacial score (nSPS) is 16.8. The Morgan fingerprint density at radius 1 is 1.10 bits per heavy atom. The Hall–Kier alpha value is -3.11. The maximum atomic E-state index is 13.3. The summed E-state index contributed by atoms with van der Waals surface area (Å²) >= 11 is 12.4. The lowest BCUT2D eigenvalue weighted by atomic mass is 10.0. The molecule has 0 radical (unpaired) electrons. The van der Waals surface area contributed by atoms with Crippen LogP contribution in [0.1, 0.15) is 52.9 Å². The van der Waals surface area contributed by atoms with Gasteiger partial charge in [0, 0.05) is 57.8 Å². The molecule has 0 aliphatic carbocycles. The first-order valence-electron chi connectivity index (χ1n) is 13.4. The number of aromatic nitrogens is 1. The van der Waals surface area contributed by atoms with E-state index in [1.807, 2.05) is 13.8 Å². The van der Waals surface area contributed by atoms with Crippen LogP contribution in [0.15, 0.2) is 41.3 Å². The second-order valence-electron chi connectivity index (χ2n) is 10.6. The number of carbonyl (C=O) groups excluding carboxylic acids is 2. The van der Waals surface area contributed by atoms with E-state index in [4.69, 9.17) is 23.2 Å². The molecular weight excluding hydrogens is 585 g/mol. The Balaban J connectivity index is 1.39. The lowest BCUT2D eigenvalue weighted by Crippen LogP contribution is -2.40. The number of nitrogens with zero attached hydrogens (tertiary/aromatic N) is 1. The monoisotopic (exact) mass is 615 g/mol. The second kappa shape index (κ2) is 11.6. The molecule has 3 heterocycles. The third-order valence-corrected chi connectivity index (χ3v) is 10.2. The number of likely N-dealkylation sites (tertiary alicyclic amines) is 1. The standard InChI is InChI=1S/C30H31Cl2N3O5S/c1-17-21(7-9-29(37)35-12-10-19(36)11-13-35)18(2)33-28(17)15-23-22-14-20(6-8-27(22)34-30(23)38)41(39,40)16-24-25(31)4-3-5-26(24)32/h3-6,8,14-15,19,33,36H,7,9-13,16H2,1-2H3,(H,34,38)/b23-15-. The van der Waals surface area contributed by atoms with Crippen LogP contribution in [0.5, 0.6) is 0 Å². The van der Waals surface area contributed by atoms with Gasteiger partial charge in [0.25, 0.3) is 5.91 Å². The van der Waals surface area contributed by atoms with Crippen LogP contribution < -0.4 is 5.32 Å². The molecule has 8 nitrogen and oxygen atoms in total. The number of hydrogen-bond donors (Lipinski definition) is 3. The van der Waals surface area contributed by atoms with Crippen molar-refractivity contribution in [2.45, 2.75) is 56.3 Å². The third-order valence-electron chi connectivity index (χ3n) is 7.86. The van der Waals surface area contributed by atoms with Gasteiger partial charge in [0.2, 0.25) is 5.91 Å². The lowest BCUT2D eigenvalue weighted by Gasteiger charge is -2.29. The minimum Gasteiger partial charge on any atom is -0.393 e. The van der Waals surface area contributed by atoms with Gasteiger partial charge >= 0.3 is 0 Å². The molecule has 2 amide bonds. The van der Waals surface area contributed by atoms with Gasteiger partial charge < -0.3 is 20.3 Å². The SMILES string of the molecule is Cc1[nH]c(/C=C2\C(=O)Nc3ccc(S(=O)(=O)Cc4c(Cl)cccc4Cl)cc32)c(C)c1CCC(=O)N1CCC(O)CC1. The fourth-order valence-corrected chi connectivity index (χ4v) is 7.55. The topological polar surface area (TPSA) is 120 Å². The Bertz CT molecular complexity index is 1650. The van der Waals surface area contributed by atoms with E-state index in [2.05, 4.69) is 10.3 Å². The van der Waals surface area contributed by atoms with Crippen LogP contribution in [0.4, 0.5) is 5.69 Å². The van der Waals surface area contributed by atoms with E-state index in [1.54, 1.807) is 35.2 Å². The number of benzene rings is 2. The minimum atomic E-state index is -3.83. The van der Waals surface area contributed by atoms with Gasteiger partial charge in [0.15, 0.2) is 9.84 Å². The molecule has 216 valence electrons. The number of fused-ring (bicyclic) bond motifs is 1. The number of carbonyl (C=O) groups is 2. The number of anilines is 1. The number of nitrogens with one attached hydrogen (secondary N) is 2. The van der Waals surface area contributed by atoms with E-state index < -0.39 is 9.84 Å². The summed E-state index contributed by atoms with van der Waals surface area (Å²) in [6.45, 7) is 5.01. The number of hydrogen-bond acceptors (Lipinski definition) is 5. The van der Waals surface area contributed by atoms with Crippen molar-refractivity contribution >= 4 is 62.2 Å². The Labute approximate surface area is 249 Å². The molecule has 1 aromatic heterocycles. The Kier molecular flexibility index (Phi) is 8.34. The number of aliphatic hydroxyl groups is 1. The molecule has 2 aliphatic rings. The van der Waals surface area contributed by atoms with E-state index in [0.29, 0.717) is 61.2 Å². The summed E-state index contributed by atoms with van der Waals surface area (Å²) in [7, 11) is -3.83. The highest BCUT2D eigenvalue weighted by Crippen LogP contribution is 2.37. The number of aliphatic hydroxyl groups excluding tert-OH is 1. The number of aromatic amines is 1. The predicted octanol–water partition coefficient (Wildman–Crippen LogP) is 5.32. The van der Waals surface area contributed by atoms with Crippen molar-refractivity contribution in [2.24, 2.45) is 0 Å². The van der Waals surface area contributed by atoms with Crippen LogP contribution in [0.3, 0.4) is 0 Å². The van der Waals surface area contributed by atoms with Crippen LogP contribution in [-0.2, 0) is 31.6 Å². The van der Waals surface area contributed by atoms with Crippen LogP contribution >= 0.6 is 23.2 Å². The molecule has 41 heavy (non-hydrogen) atoms. The molecule has 2 aromatic carbocycles. The Morgan fingerprint density at radius 2 is 1.78 bits per heavy atom. The highest BCUT2D eigenvalue weighted by atomic mass is 35.5. The number of piperidine rings is 1. The predicted molar refractivity (Wildman–Crippen MR) is 161 cm³/mol. The number of H-pyrrole nitrogens is 1. The fraction of sp³-hybridized carbons (Fsp3) is 0.333. The quantitative estimate of drug-likeness (QED) is 0.311. The van der Waals surface area contributed by atoms with Crippen molar-refractivity contribution in [1.82, 2.24) is 9.88 Å². The van der Waals surface area contributed by atoms with E-state index in [-0.39, 0.29) is 38.6 Å². The summed E-state index contributed by atoms with van der Waals surface area (Å²) in [4.78, 5) is 30.9. The van der Waals surface area contributed by atoms with Crippen molar-refractivity contribution < 1.29 is 23.1 Å².